The molecule has 0 amide bonds. The van der Waals surface area contributed by atoms with Gasteiger partial charge in [0.05, 0.1) is 6.26 Å². The Morgan fingerprint density at radius 2 is 2.22 bits per heavy atom. The average Bonchev–Trinajstić information content (AvgIpc) is 2.98. The van der Waals surface area contributed by atoms with Crippen molar-refractivity contribution in [2.24, 2.45) is 4.99 Å². The van der Waals surface area contributed by atoms with Gasteiger partial charge in [-0.05, 0) is 49.9 Å². The summed E-state index contributed by atoms with van der Waals surface area (Å²) >= 11 is 0. The third kappa shape index (κ3) is 2.21. The van der Waals surface area contributed by atoms with E-state index in [0.717, 1.165) is 35.9 Å². The quantitative estimate of drug-likeness (QED) is 0.806. The molecular formula is C15H15NO2. The van der Waals surface area contributed by atoms with Gasteiger partial charge in [0.25, 0.3) is 0 Å². The summed E-state index contributed by atoms with van der Waals surface area (Å²) < 4.78 is 5.31. The van der Waals surface area contributed by atoms with E-state index in [4.69, 9.17) is 4.42 Å². The standard InChI is InChI=1S/C15H15NO2/c1-10(17)15-13(16-15)4-2-3-11-5-6-14-12(9-11)7-8-18-14/h5-9,15H,2-4H2,1H3. The summed E-state index contributed by atoms with van der Waals surface area (Å²) in [4.78, 5) is 15.2. The average molecular weight is 241 g/mol. The Balaban J connectivity index is 1.54. The summed E-state index contributed by atoms with van der Waals surface area (Å²) in [5, 5.41) is 1.15. The molecule has 1 aliphatic heterocycles. The van der Waals surface area contributed by atoms with E-state index in [1.165, 1.54) is 5.56 Å². The minimum Gasteiger partial charge on any atom is -0.464 e. The second kappa shape index (κ2) is 4.41. The minimum atomic E-state index is -0.0821. The molecule has 0 spiro atoms. The highest BCUT2D eigenvalue weighted by molar-refractivity contribution is 6.17. The van der Waals surface area contributed by atoms with Crippen molar-refractivity contribution in [3.05, 3.63) is 36.1 Å². The number of carbonyl (C=O) groups is 1. The first-order valence-corrected chi connectivity index (χ1v) is 6.27. The van der Waals surface area contributed by atoms with E-state index < -0.39 is 0 Å². The number of nitrogens with zero attached hydrogens (tertiary/aromatic N) is 1. The van der Waals surface area contributed by atoms with Crippen LogP contribution in [0.4, 0.5) is 0 Å². The van der Waals surface area contributed by atoms with Crippen molar-refractivity contribution >= 4 is 22.5 Å². The van der Waals surface area contributed by atoms with Gasteiger partial charge >= 0.3 is 0 Å². The molecule has 0 aliphatic carbocycles. The van der Waals surface area contributed by atoms with Crippen molar-refractivity contribution in [1.82, 2.24) is 0 Å². The zero-order chi connectivity index (χ0) is 12.5. The van der Waals surface area contributed by atoms with E-state index in [0.29, 0.717) is 0 Å². The number of carbonyl (C=O) groups excluding carboxylic acids is 1. The van der Waals surface area contributed by atoms with E-state index in [1.54, 1.807) is 13.2 Å². The second-order valence-corrected chi connectivity index (χ2v) is 4.78. The third-order valence-electron chi connectivity index (χ3n) is 3.34. The van der Waals surface area contributed by atoms with Gasteiger partial charge in [-0.2, -0.15) is 0 Å². The van der Waals surface area contributed by atoms with Crippen LogP contribution >= 0.6 is 0 Å². The summed E-state index contributed by atoms with van der Waals surface area (Å²) in [6, 6.07) is 8.17. The van der Waals surface area contributed by atoms with Crippen LogP contribution in [0.3, 0.4) is 0 Å². The fourth-order valence-corrected chi connectivity index (χ4v) is 2.30. The van der Waals surface area contributed by atoms with Crippen LogP contribution in [0.25, 0.3) is 11.0 Å². The summed E-state index contributed by atoms with van der Waals surface area (Å²) in [6.45, 7) is 1.61. The summed E-state index contributed by atoms with van der Waals surface area (Å²) in [5.41, 5.74) is 3.32. The smallest absolute Gasteiger partial charge is 0.159 e. The molecule has 0 N–H and O–H groups in total. The highest BCUT2D eigenvalue weighted by Crippen LogP contribution is 2.21. The van der Waals surface area contributed by atoms with Gasteiger partial charge in [0.2, 0.25) is 0 Å². The molecule has 3 nitrogen and oxygen atoms in total. The van der Waals surface area contributed by atoms with Crippen LogP contribution in [0.5, 0.6) is 0 Å². The molecule has 3 heteroatoms. The number of hydrogen-bond acceptors (Lipinski definition) is 3. The first-order chi connectivity index (χ1) is 8.74. The Bertz CT molecular complexity index is 624. The first-order valence-electron chi connectivity index (χ1n) is 6.27. The lowest BCUT2D eigenvalue weighted by Gasteiger charge is -1.99. The van der Waals surface area contributed by atoms with Gasteiger partial charge in [-0.25, -0.2) is 0 Å². The lowest BCUT2D eigenvalue weighted by Crippen LogP contribution is -2.08. The number of rotatable bonds is 5. The zero-order valence-electron chi connectivity index (χ0n) is 10.3. The van der Waals surface area contributed by atoms with Crippen molar-refractivity contribution in [3.8, 4) is 0 Å². The van der Waals surface area contributed by atoms with E-state index in [2.05, 4.69) is 17.1 Å². The van der Waals surface area contributed by atoms with Crippen LogP contribution in [0, 0.1) is 0 Å². The summed E-state index contributed by atoms with van der Waals surface area (Å²) in [5.74, 6) is 0.171. The normalized spacial score (nSPS) is 17.8. The molecule has 2 aromatic rings. The SMILES string of the molecule is CC(=O)C1N=C1CCCc1ccc2occc2c1. The van der Waals surface area contributed by atoms with Crippen molar-refractivity contribution in [1.29, 1.82) is 0 Å². The highest BCUT2D eigenvalue weighted by Gasteiger charge is 2.30. The van der Waals surface area contributed by atoms with Crippen LogP contribution in [0.15, 0.2) is 39.9 Å². The predicted octanol–water partition coefficient (Wildman–Crippen LogP) is 3.17. The second-order valence-electron chi connectivity index (χ2n) is 4.78. The Labute approximate surface area is 106 Å². The maximum Gasteiger partial charge on any atom is 0.159 e. The lowest BCUT2D eigenvalue weighted by atomic mass is 10.0. The van der Waals surface area contributed by atoms with Gasteiger partial charge in [0.1, 0.15) is 11.6 Å². The van der Waals surface area contributed by atoms with Crippen LogP contribution in [0.2, 0.25) is 0 Å². The molecule has 0 saturated carbocycles. The molecule has 1 atom stereocenters. The molecule has 1 aliphatic rings. The largest absolute Gasteiger partial charge is 0.464 e. The van der Waals surface area contributed by atoms with Crippen molar-refractivity contribution in [2.45, 2.75) is 32.2 Å². The fraction of sp³-hybridized carbons (Fsp3) is 0.333. The minimum absolute atomic E-state index is 0.0821. The summed E-state index contributed by atoms with van der Waals surface area (Å²) in [7, 11) is 0. The number of ketones is 1. The maximum atomic E-state index is 11.0. The molecule has 1 aromatic heterocycles. The predicted molar refractivity (Wildman–Crippen MR) is 71.1 cm³/mol. The van der Waals surface area contributed by atoms with E-state index >= 15 is 0 Å². The molecule has 0 fully saturated rings. The molecule has 1 unspecified atom stereocenters. The number of hydrogen-bond donors (Lipinski definition) is 0. The third-order valence-corrected chi connectivity index (χ3v) is 3.34. The van der Waals surface area contributed by atoms with Crippen LogP contribution in [-0.2, 0) is 11.2 Å². The van der Waals surface area contributed by atoms with E-state index in [1.807, 2.05) is 12.1 Å². The van der Waals surface area contributed by atoms with Crippen molar-refractivity contribution in [2.75, 3.05) is 0 Å². The van der Waals surface area contributed by atoms with Crippen LogP contribution in [-0.4, -0.2) is 17.5 Å². The number of furan rings is 1. The highest BCUT2D eigenvalue weighted by atomic mass is 16.3. The van der Waals surface area contributed by atoms with Crippen molar-refractivity contribution < 1.29 is 9.21 Å². The van der Waals surface area contributed by atoms with Gasteiger partial charge in [0.15, 0.2) is 5.78 Å². The number of benzene rings is 1. The number of aliphatic imine (C=N–C) groups is 1. The zero-order valence-corrected chi connectivity index (χ0v) is 10.3. The molecule has 18 heavy (non-hydrogen) atoms. The molecule has 0 saturated heterocycles. The van der Waals surface area contributed by atoms with E-state index in [9.17, 15) is 4.79 Å². The van der Waals surface area contributed by atoms with Gasteiger partial charge in [0, 0.05) is 11.1 Å². The van der Waals surface area contributed by atoms with Gasteiger partial charge in [-0.3, -0.25) is 9.79 Å². The molecule has 2 heterocycles. The van der Waals surface area contributed by atoms with E-state index in [-0.39, 0.29) is 11.8 Å². The molecule has 1 aromatic carbocycles. The molecule has 92 valence electrons. The molecule has 3 rings (SSSR count). The molecule has 0 radical (unpaired) electrons. The van der Waals surface area contributed by atoms with Gasteiger partial charge < -0.3 is 4.42 Å². The van der Waals surface area contributed by atoms with Crippen molar-refractivity contribution in [3.63, 3.8) is 0 Å². The Hall–Kier alpha value is -1.90. The topological polar surface area (TPSA) is 42.6 Å². The van der Waals surface area contributed by atoms with Gasteiger partial charge in [-0.1, -0.05) is 6.07 Å². The molecule has 0 bridgehead atoms. The first kappa shape index (κ1) is 11.2. The Morgan fingerprint density at radius 3 is 3.00 bits per heavy atom. The Morgan fingerprint density at radius 1 is 1.33 bits per heavy atom. The number of Topliss-reactive ketones (excluding diaryl/α,β-unsaturated/α-hetero) is 1. The summed E-state index contributed by atoms with van der Waals surface area (Å²) in [6.07, 6.45) is 4.72. The number of fused-ring (bicyclic) bond motifs is 1. The number of aryl methyl sites for hydroxylation is 1. The fourth-order valence-electron chi connectivity index (χ4n) is 2.30. The maximum absolute atomic E-state index is 11.0. The lowest BCUT2D eigenvalue weighted by molar-refractivity contribution is -0.116. The molecular weight excluding hydrogens is 226 g/mol. The Kier molecular flexibility index (Phi) is 2.74. The van der Waals surface area contributed by atoms with Crippen LogP contribution < -0.4 is 0 Å². The van der Waals surface area contributed by atoms with Crippen LogP contribution in [0.1, 0.15) is 25.3 Å². The van der Waals surface area contributed by atoms with Gasteiger partial charge in [-0.15, -0.1) is 0 Å². The monoisotopic (exact) mass is 241 g/mol.